The van der Waals surface area contributed by atoms with E-state index in [1.54, 1.807) is 13.0 Å². The van der Waals surface area contributed by atoms with Gasteiger partial charge in [0, 0.05) is 38.6 Å². The fourth-order valence-corrected chi connectivity index (χ4v) is 4.16. The second-order valence-electron chi connectivity index (χ2n) is 7.87. The highest BCUT2D eigenvalue weighted by Gasteiger charge is 2.47. The number of hydrogen-bond donors (Lipinski definition) is 1. The number of alkyl halides is 2. The number of anilines is 1. The molecule has 1 aromatic heterocycles. The van der Waals surface area contributed by atoms with Gasteiger partial charge in [0.1, 0.15) is 11.9 Å². The molecule has 1 amide bonds. The Hall–Kier alpha value is -3.23. The number of nitrogens with zero attached hydrogens (tertiary/aromatic N) is 5. The molecule has 8 nitrogen and oxygen atoms in total. The lowest BCUT2D eigenvalue weighted by Crippen LogP contribution is -2.61. The number of carbonyl (C=O) groups is 1. The second kappa shape index (κ2) is 8.37. The van der Waals surface area contributed by atoms with Crippen molar-refractivity contribution in [2.75, 3.05) is 38.5 Å². The lowest BCUT2D eigenvalue weighted by molar-refractivity contribution is -0.166. The molecule has 0 unspecified atom stereocenters. The zero-order valence-electron chi connectivity index (χ0n) is 17.3. The number of ether oxygens (including phenoxy) is 1. The fourth-order valence-electron chi connectivity index (χ4n) is 4.16. The first-order chi connectivity index (χ1) is 15.2. The standard InChI is InChI=1S/C21H21F3N6O2/c1-12-15(2-3-17(22)16(12)6-25)18-10-29-4-5-30(9-14(29)11-32-18)19(31)21(23,24)13-7-27-20(26)28-8-13/h2-3,7-8,14,18H,4-5,9-11H2,1H3,(H2,26,27,28)/t14-,18+/m0/s1. The number of nitrogen functional groups attached to an aromatic ring is 1. The van der Waals surface area contributed by atoms with E-state index in [9.17, 15) is 23.2 Å². The number of aromatic nitrogens is 2. The molecule has 0 aliphatic carbocycles. The molecule has 168 valence electrons. The summed E-state index contributed by atoms with van der Waals surface area (Å²) in [6.07, 6.45) is 1.32. The van der Waals surface area contributed by atoms with Crippen molar-refractivity contribution in [1.29, 1.82) is 5.26 Å². The maximum absolute atomic E-state index is 14.7. The molecule has 4 rings (SSSR count). The first-order valence-corrected chi connectivity index (χ1v) is 10.0. The van der Waals surface area contributed by atoms with Gasteiger partial charge in [0.25, 0.3) is 5.91 Å². The van der Waals surface area contributed by atoms with Crippen LogP contribution in [0.1, 0.15) is 28.4 Å². The van der Waals surface area contributed by atoms with E-state index in [4.69, 9.17) is 10.5 Å². The molecule has 2 atom stereocenters. The second-order valence-corrected chi connectivity index (χ2v) is 7.87. The molecule has 0 spiro atoms. The van der Waals surface area contributed by atoms with Crippen LogP contribution in [0.5, 0.6) is 0 Å². The van der Waals surface area contributed by atoms with Crippen molar-refractivity contribution in [3.05, 3.63) is 52.6 Å². The van der Waals surface area contributed by atoms with Crippen molar-refractivity contribution in [2.24, 2.45) is 0 Å². The number of halogens is 3. The Bertz CT molecular complexity index is 1070. The van der Waals surface area contributed by atoms with Gasteiger partial charge in [0.05, 0.1) is 29.9 Å². The van der Waals surface area contributed by atoms with Crippen molar-refractivity contribution in [3.8, 4) is 6.07 Å². The monoisotopic (exact) mass is 446 g/mol. The largest absolute Gasteiger partial charge is 0.370 e. The summed E-state index contributed by atoms with van der Waals surface area (Å²) in [5.41, 5.74) is 5.94. The number of nitrogens with two attached hydrogens (primary N) is 1. The highest BCUT2D eigenvalue weighted by Crippen LogP contribution is 2.33. The van der Waals surface area contributed by atoms with Crippen LogP contribution in [0, 0.1) is 24.1 Å². The molecule has 0 bridgehead atoms. The molecule has 1 aromatic carbocycles. The summed E-state index contributed by atoms with van der Waals surface area (Å²) in [5, 5.41) is 9.20. The summed E-state index contributed by atoms with van der Waals surface area (Å²) in [5.74, 6) is -5.83. The van der Waals surface area contributed by atoms with Crippen LogP contribution in [0.15, 0.2) is 24.5 Å². The van der Waals surface area contributed by atoms with Gasteiger partial charge in [-0.05, 0) is 24.1 Å². The SMILES string of the molecule is Cc1c([C@H]2CN3CCN(C(=O)C(F)(F)c4cnc(N)nc4)C[C@H]3CO2)ccc(F)c1C#N. The molecule has 0 saturated carbocycles. The number of benzene rings is 1. The quantitative estimate of drug-likeness (QED) is 0.765. The van der Waals surface area contributed by atoms with Crippen LogP contribution < -0.4 is 5.73 Å². The Morgan fingerprint density at radius 2 is 2.00 bits per heavy atom. The van der Waals surface area contributed by atoms with Crippen LogP contribution in [0.25, 0.3) is 0 Å². The van der Waals surface area contributed by atoms with E-state index in [0.717, 1.165) is 22.9 Å². The number of nitriles is 1. The van der Waals surface area contributed by atoms with Gasteiger partial charge in [-0.25, -0.2) is 14.4 Å². The molecule has 2 aliphatic heterocycles. The van der Waals surface area contributed by atoms with E-state index < -0.39 is 23.2 Å². The Labute approximate surface area is 182 Å². The average molecular weight is 446 g/mol. The molecule has 32 heavy (non-hydrogen) atoms. The van der Waals surface area contributed by atoms with Crippen LogP contribution in [-0.4, -0.2) is 64.5 Å². The zero-order valence-corrected chi connectivity index (χ0v) is 17.3. The molecule has 3 heterocycles. The summed E-state index contributed by atoms with van der Waals surface area (Å²) in [4.78, 5) is 22.9. The predicted octanol–water partition coefficient (Wildman–Crippen LogP) is 1.75. The Morgan fingerprint density at radius 3 is 2.69 bits per heavy atom. The molecule has 0 radical (unpaired) electrons. The molecule has 2 aromatic rings. The zero-order chi connectivity index (χ0) is 23.0. The molecule has 2 saturated heterocycles. The summed E-state index contributed by atoms with van der Waals surface area (Å²) in [6, 6.07) is 4.47. The summed E-state index contributed by atoms with van der Waals surface area (Å²) >= 11 is 0. The third-order valence-corrected chi connectivity index (χ3v) is 6.00. The molecular formula is C21H21F3N6O2. The van der Waals surface area contributed by atoms with E-state index in [1.165, 1.54) is 6.07 Å². The van der Waals surface area contributed by atoms with E-state index in [-0.39, 0.29) is 43.4 Å². The third-order valence-electron chi connectivity index (χ3n) is 6.00. The number of morpholine rings is 1. The number of amides is 1. The molecule has 2 N–H and O–H groups in total. The first-order valence-electron chi connectivity index (χ1n) is 10.0. The minimum Gasteiger partial charge on any atom is -0.370 e. The number of fused-ring (bicyclic) bond motifs is 1. The highest BCUT2D eigenvalue weighted by molar-refractivity contribution is 5.85. The number of piperazine rings is 1. The van der Waals surface area contributed by atoms with E-state index >= 15 is 0 Å². The van der Waals surface area contributed by atoms with Crippen LogP contribution in [-0.2, 0) is 15.5 Å². The maximum Gasteiger partial charge on any atom is 0.352 e. The van der Waals surface area contributed by atoms with Crippen molar-refractivity contribution in [1.82, 2.24) is 19.8 Å². The number of carbonyl (C=O) groups excluding carboxylic acids is 1. The summed E-state index contributed by atoms with van der Waals surface area (Å²) < 4.78 is 49.2. The lowest BCUT2D eigenvalue weighted by atomic mass is 9.96. The van der Waals surface area contributed by atoms with Crippen molar-refractivity contribution in [3.63, 3.8) is 0 Å². The Morgan fingerprint density at radius 1 is 1.28 bits per heavy atom. The summed E-state index contributed by atoms with van der Waals surface area (Å²) in [6.45, 7) is 2.93. The van der Waals surface area contributed by atoms with E-state index in [0.29, 0.717) is 18.7 Å². The topological polar surface area (TPSA) is 108 Å². The van der Waals surface area contributed by atoms with E-state index in [2.05, 4.69) is 14.9 Å². The fraction of sp³-hybridized carbons (Fsp3) is 0.429. The number of rotatable bonds is 3. The van der Waals surface area contributed by atoms with Crippen molar-refractivity contribution in [2.45, 2.75) is 25.0 Å². The molecule has 11 heteroatoms. The normalized spacial score (nSPS) is 21.7. The van der Waals surface area contributed by atoms with Gasteiger partial charge in [0.2, 0.25) is 5.95 Å². The smallest absolute Gasteiger partial charge is 0.352 e. The van der Waals surface area contributed by atoms with Crippen molar-refractivity contribution < 1.29 is 22.7 Å². The number of hydrogen-bond acceptors (Lipinski definition) is 7. The van der Waals surface area contributed by atoms with Gasteiger partial charge in [0.15, 0.2) is 0 Å². The highest BCUT2D eigenvalue weighted by atomic mass is 19.3. The van der Waals surface area contributed by atoms with Gasteiger partial charge >= 0.3 is 5.92 Å². The lowest BCUT2D eigenvalue weighted by Gasteiger charge is -2.46. The van der Waals surface area contributed by atoms with Gasteiger partial charge in [-0.3, -0.25) is 9.69 Å². The van der Waals surface area contributed by atoms with Gasteiger partial charge < -0.3 is 15.4 Å². The minimum absolute atomic E-state index is 0.0162. The van der Waals surface area contributed by atoms with Gasteiger partial charge in [-0.15, -0.1) is 0 Å². The molecular weight excluding hydrogens is 425 g/mol. The summed E-state index contributed by atoms with van der Waals surface area (Å²) in [7, 11) is 0. The molecule has 2 aliphatic rings. The van der Waals surface area contributed by atoms with Crippen LogP contribution in [0.2, 0.25) is 0 Å². The van der Waals surface area contributed by atoms with Crippen LogP contribution in [0.4, 0.5) is 19.1 Å². The minimum atomic E-state index is -3.77. The Kier molecular flexibility index (Phi) is 5.75. The van der Waals surface area contributed by atoms with Crippen LogP contribution >= 0.6 is 0 Å². The molecule has 2 fully saturated rings. The Balaban J connectivity index is 1.45. The first kappa shape index (κ1) is 22.0. The van der Waals surface area contributed by atoms with E-state index in [1.807, 2.05) is 6.07 Å². The third kappa shape index (κ3) is 3.87. The van der Waals surface area contributed by atoms with Gasteiger partial charge in [-0.2, -0.15) is 14.0 Å². The van der Waals surface area contributed by atoms with Crippen LogP contribution in [0.3, 0.4) is 0 Å². The van der Waals surface area contributed by atoms with Gasteiger partial charge in [-0.1, -0.05) is 6.07 Å². The predicted molar refractivity (Wildman–Crippen MR) is 107 cm³/mol. The average Bonchev–Trinajstić information content (AvgIpc) is 2.78. The van der Waals surface area contributed by atoms with Crippen molar-refractivity contribution >= 4 is 11.9 Å². The maximum atomic E-state index is 14.7.